The van der Waals surface area contributed by atoms with E-state index in [1.54, 1.807) is 0 Å². The fourth-order valence-corrected chi connectivity index (χ4v) is 3.21. The molecule has 7 heteroatoms. The van der Waals surface area contributed by atoms with Crippen molar-refractivity contribution < 1.29 is 19.1 Å². The van der Waals surface area contributed by atoms with E-state index in [0.29, 0.717) is 5.69 Å². The van der Waals surface area contributed by atoms with Gasteiger partial charge in [0.2, 0.25) is 0 Å². The van der Waals surface area contributed by atoms with Crippen LogP contribution in [0.1, 0.15) is 28.8 Å². The Hall–Kier alpha value is -1.71. The molecule has 1 aliphatic carbocycles. The Kier molecular flexibility index (Phi) is 5.79. The monoisotopic (exact) mass is 470 g/mol. The minimum absolute atomic E-state index is 0.0400. The first-order chi connectivity index (χ1) is 12.4. The average Bonchev–Trinajstić information content (AvgIpc) is 3.38. The Morgan fingerprint density at radius 3 is 2.69 bits per heavy atom. The van der Waals surface area contributed by atoms with Crippen LogP contribution in [0.4, 0.5) is 15.8 Å². The van der Waals surface area contributed by atoms with Crippen molar-refractivity contribution in [1.29, 1.82) is 0 Å². The Labute approximate surface area is 165 Å². The van der Waals surface area contributed by atoms with E-state index in [4.69, 9.17) is 4.84 Å². The Morgan fingerprint density at radius 1 is 1.27 bits per heavy atom. The number of aryl methyl sites for hydroxylation is 1. The van der Waals surface area contributed by atoms with Gasteiger partial charge in [-0.05, 0) is 84.3 Å². The topological polar surface area (TPSA) is 70.6 Å². The van der Waals surface area contributed by atoms with Gasteiger partial charge >= 0.3 is 0 Å². The van der Waals surface area contributed by atoms with Gasteiger partial charge in [0.25, 0.3) is 5.91 Å². The molecule has 3 rings (SSSR count). The number of nitrogens with one attached hydrogen (secondary N) is 2. The van der Waals surface area contributed by atoms with E-state index in [-0.39, 0.29) is 24.2 Å². The molecule has 1 saturated carbocycles. The van der Waals surface area contributed by atoms with Crippen LogP contribution in [-0.4, -0.2) is 24.2 Å². The first kappa shape index (κ1) is 19.1. The normalized spacial score (nSPS) is 14.8. The van der Waals surface area contributed by atoms with Gasteiger partial charge in [0, 0.05) is 14.7 Å². The molecule has 1 fully saturated rings. The summed E-state index contributed by atoms with van der Waals surface area (Å²) in [4.78, 5) is 17.7. The van der Waals surface area contributed by atoms with Gasteiger partial charge in [-0.25, -0.2) is 9.87 Å². The molecule has 0 heterocycles. The molecular formula is C19H20FIN2O3. The van der Waals surface area contributed by atoms with Crippen molar-refractivity contribution in [1.82, 2.24) is 5.48 Å². The van der Waals surface area contributed by atoms with Crippen LogP contribution in [0.25, 0.3) is 0 Å². The number of hydrogen-bond donors (Lipinski definition) is 3. The summed E-state index contributed by atoms with van der Waals surface area (Å²) in [6, 6.07) is 9.74. The number of carbonyl (C=O) groups is 1. The van der Waals surface area contributed by atoms with Gasteiger partial charge in [-0.15, -0.1) is 0 Å². The van der Waals surface area contributed by atoms with Crippen molar-refractivity contribution in [3.05, 3.63) is 56.9 Å². The molecule has 1 aliphatic rings. The van der Waals surface area contributed by atoms with Crippen molar-refractivity contribution in [3.63, 3.8) is 0 Å². The summed E-state index contributed by atoms with van der Waals surface area (Å²) in [5.74, 6) is -0.908. The van der Waals surface area contributed by atoms with Crippen LogP contribution < -0.4 is 10.8 Å². The lowest BCUT2D eigenvalue weighted by Crippen LogP contribution is -2.28. The number of aliphatic hydroxyl groups excluding tert-OH is 1. The summed E-state index contributed by atoms with van der Waals surface area (Å²) in [7, 11) is 0. The van der Waals surface area contributed by atoms with Crippen molar-refractivity contribution in [2.24, 2.45) is 5.41 Å². The molecule has 1 amide bonds. The molecule has 2 aromatic rings. The van der Waals surface area contributed by atoms with E-state index in [0.717, 1.165) is 27.7 Å². The molecule has 2 aromatic carbocycles. The Balaban J connectivity index is 1.73. The summed E-state index contributed by atoms with van der Waals surface area (Å²) in [5, 5.41) is 12.4. The van der Waals surface area contributed by atoms with Gasteiger partial charge in [0.05, 0.1) is 24.5 Å². The number of anilines is 2. The zero-order chi connectivity index (χ0) is 18.7. The summed E-state index contributed by atoms with van der Waals surface area (Å²) in [6.45, 7) is 2.24. The van der Waals surface area contributed by atoms with E-state index >= 15 is 0 Å². The van der Waals surface area contributed by atoms with Gasteiger partial charge in [0.1, 0.15) is 5.82 Å². The van der Waals surface area contributed by atoms with Gasteiger partial charge in [0.15, 0.2) is 0 Å². The molecule has 0 unspecified atom stereocenters. The number of amides is 1. The maximum Gasteiger partial charge on any atom is 0.276 e. The fraction of sp³-hybridized carbons (Fsp3) is 0.316. The number of hydroxylamine groups is 1. The molecule has 138 valence electrons. The summed E-state index contributed by atoms with van der Waals surface area (Å²) in [6.07, 6.45) is 1.77. The third kappa shape index (κ3) is 4.52. The highest BCUT2D eigenvalue weighted by atomic mass is 127. The van der Waals surface area contributed by atoms with Crippen LogP contribution in [0.5, 0.6) is 0 Å². The Morgan fingerprint density at radius 2 is 2.04 bits per heavy atom. The lowest BCUT2D eigenvalue weighted by molar-refractivity contribution is -0.0000226. The second-order valence-electron chi connectivity index (χ2n) is 6.65. The minimum atomic E-state index is -0.468. The van der Waals surface area contributed by atoms with Crippen LogP contribution in [0.2, 0.25) is 0 Å². The second-order valence-corrected chi connectivity index (χ2v) is 7.90. The maximum absolute atomic E-state index is 13.7. The molecule has 5 nitrogen and oxygen atoms in total. The van der Waals surface area contributed by atoms with Crippen molar-refractivity contribution >= 4 is 39.9 Å². The zero-order valence-electron chi connectivity index (χ0n) is 14.3. The molecule has 0 saturated heterocycles. The molecule has 0 aliphatic heterocycles. The second kappa shape index (κ2) is 7.89. The lowest BCUT2D eigenvalue weighted by atomic mass is 10.1. The van der Waals surface area contributed by atoms with Gasteiger partial charge in [-0.2, -0.15) is 0 Å². The van der Waals surface area contributed by atoms with E-state index in [1.807, 2.05) is 25.1 Å². The van der Waals surface area contributed by atoms with Crippen LogP contribution in [0.3, 0.4) is 0 Å². The predicted octanol–water partition coefficient (Wildman–Crippen LogP) is 3.92. The highest BCUT2D eigenvalue weighted by Crippen LogP contribution is 2.44. The van der Waals surface area contributed by atoms with Crippen LogP contribution in [0.15, 0.2) is 36.4 Å². The van der Waals surface area contributed by atoms with E-state index < -0.39 is 11.7 Å². The summed E-state index contributed by atoms with van der Waals surface area (Å²) < 4.78 is 14.8. The van der Waals surface area contributed by atoms with E-state index in [9.17, 15) is 14.3 Å². The predicted molar refractivity (Wildman–Crippen MR) is 106 cm³/mol. The molecule has 3 N–H and O–H groups in total. The van der Waals surface area contributed by atoms with Crippen LogP contribution >= 0.6 is 22.6 Å². The van der Waals surface area contributed by atoms with Crippen molar-refractivity contribution in [3.8, 4) is 0 Å². The number of benzene rings is 2. The van der Waals surface area contributed by atoms with Gasteiger partial charge in [-0.1, -0.05) is 0 Å². The number of rotatable bonds is 7. The quantitative estimate of drug-likeness (QED) is 0.424. The Bertz CT molecular complexity index is 824. The third-order valence-corrected chi connectivity index (χ3v) is 5.19. The summed E-state index contributed by atoms with van der Waals surface area (Å²) >= 11 is 2.22. The molecule has 0 spiro atoms. The smallest absolute Gasteiger partial charge is 0.276 e. The molecule has 0 bridgehead atoms. The van der Waals surface area contributed by atoms with E-state index in [2.05, 4.69) is 33.4 Å². The van der Waals surface area contributed by atoms with E-state index in [1.165, 1.54) is 18.2 Å². The fourth-order valence-electron chi connectivity index (χ4n) is 2.56. The third-order valence-electron chi connectivity index (χ3n) is 4.52. The highest BCUT2D eigenvalue weighted by Gasteiger charge is 2.42. The lowest BCUT2D eigenvalue weighted by Gasteiger charge is -2.15. The average molecular weight is 470 g/mol. The molecule has 0 radical (unpaired) electrons. The maximum atomic E-state index is 13.7. The van der Waals surface area contributed by atoms with Crippen LogP contribution in [-0.2, 0) is 4.84 Å². The minimum Gasteiger partial charge on any atom is -0.396 e. The number of halogens is 2. The summed E-state index contributed by atoms with van der Waals surface area (Å²) in [5.41, 5.74) is 4.58. The van der Waals surface area contributed by atoms with Crippen molar-refractivity contribution in [2.45, 2.75) is 19.8 Å². The number of hydrogen-bond acceptors (Lipinski definition) is 4. The number of carbonyl (C=O) groups excluding carboxylic acids is 1. The molecule has 26 heavy (non-hydrogen) atoms. The highest BCUT2D eigenvalue weighted by molar-refractivity contribution is 14.1. The standard InChI is InChI=1S/C19H20FIN2O3/c1-12-8-14(21)3-5-16(12)22-17-9-13(20)2-4-15(17)18(25)23-26-11-19(10-24)6-7-19/h2-5,8-9,22,24H,6-7,10-11H2,1H3,(H,23,25). The first-order valence-electron chi connectivity index (χ1n) is 8.28. The largest absolute Gasteiger partial charge is 0.396 e. The molecule has 0 atom stereocenters. The molecule has 0 aromatic heterocycles. The SMILES string of the molecule is Cc1cc(I)ccc1Nc1cc(F)ccc1C(=O)NOCC1(CO)CC1. The zero-order valence-corrected chi connectivity index (χ0v) is 16.5. The number of aliphatic hydroxyl groups is 1. The first-order valence-corrected chi connectivity index (χ1v) is 9.36. The van der Waals surface area contributed by atoms with Gasteiger partial charge in [-0.3, -0.25) is 9.63 Å². The molecular weight excluding hydrogens is 450 g/mol. The van der Waals surface area contributed by atoms with Crippen LogP contribution in [0, 0.1) is 21.7 Å². The van der Waals surface area contributed by atoms with Crippen molar-refractivity contribution in [2.75, 3.05) is 18.5 Å². The van der Waals surface area contributed by atoms with Gasteiger partial charge < -0.3 is 10.4 Å².